The Kier molecular flexibility index (Phi) is 8.44. The van der Waals surface area contributed by atoms with Gasteiger partial charge in [0.2, 0.25) is 5.89 Å². The number of carbonyl (C=O) groups is 1. The lowest BCUT2D eigenvalue weighted by atomic mass is 9.93. The molecule has 11 heteroatoms. The summed E-state index contributed by atoms with van der Waals surface area (Å²) in [7, 11) is 0. The highest BCUT2D eigenvalue weighted by molar-refractivity contribution is 5.91. The molecule has 0 unspecified atom stereocenters. The fourth-order valence-electron chi connectivity index (χ4n) is 8.69. The van der Waals surface area contributed by atoms with E-state index in [0.29, 0.717) is 55.3 Å². The summed E-state index contributed by atoms with van der Waals surface area (Å²) in [5.41, 5.74) is 9.80. The van der Waals surface area contributed by atoms with E-state index in [2.05, 4.69) is 45.2 Å². The van der Waals surface area contributed by atoms with Gasteiger partial charge in [-0.2, -0.15) is 0 Å². The minimum Gasteiger partial charge on any atom is -0.481 e. The summed E-state index contributed by atoms with van der Waals surface area (Å²) in [6.45, 7) is 7.61. The van der Waals surface area contributed by atoms with Gasteiger partial charge in [0.25, 0.3) is 0 Å². The lowest BCUT2D eigenvalue weighted by Gasteiger charge is -2.24. The molecule has 3 N–H and O–H groups in total. The van der Waals surface area contributed by atoms with Gasteiger partial charge in [0, 0.05) is 61.3 Å². The van der Waals surface area contributed by atoms with Gasteiger partial charge < -0.3 is 19.9 Å². The Balaban J connectivity index is 1.00. The highest BCUT2D eigenvalue weighted by Gasteiger charge is 2.38. The minimum absolute atomic E-state index is 0.0183. The highest BCUT2D eigenvalue weighted by Crippen LogP contribution is 2.43. The first-order valence-corrected chi connectivity index (χ1v) is 18.4. The normalized spacial score (nSPS) is 20.5. The summed E-state index contributed by atoms with van der Waals surface area (Å²) in [4.78, 5) is 30.3. The molecular formula is C42H41FN6O4. The molecule has 10 nitrogen and oxygen atoms in total. The van der Waals surface area contributed by atoms with Crippen molar-refractivity contribution in [3.05, 3.63) is 101 Å². The zero-order valence-corrected chi connectivity index (χ0v) is 29.8. The van der Waals surface area contributed by atoms with Crippen LogP contribution in [0.15, 0.2) is 71.4 Å². The maximum atomic E-state index is 16.0. The van der Waals surface area contributed by atoms with E-state index in [0.717, 1.165) is 81.5 Å². The van der Waals surface area contributed by atoms with Crippen molar-refractivity contribution < 1.29 is 23.8 Å². The number of likely N-dealkylation sites (tertiary alicyclic amines) is 2. The maximum Gasteiger partial charge on any atom is 0.307 e. The van der Waals surface area contributed by atoms with Gasteiger partial charge in [0.1, 0.15) is 11.0 Å². The number of halogens is 1. The van der Waals surface area contributed by atoms with Crippen LogP contribution in [0, 0.1) is 25.6 Å². The largest absolute Gasteiger partial charge is 0.481 e. The number of β-amino-alcohol motifs (C(OH)–C–C–N with tert-alkyl or cyclic N) is 1. The summed E-state index contributed by atoms with van der Waals surface area (Å²) in [5.74, 6) is -0.484. The molecule has 5 heterocycles. The van der Waals surface area contributed by atoms with Gasteiger partial charge in [-0.3, -0.25) is 19.6 Å². The third kappa shape index (κ3) is 6.02. The predicted octanol–water partition coefficient (Wildman–Crippen LogP) is 7.56. The number of pyridine rings is 2. The van der Waals surface area contributed by atoms with Crippen LogP contribution in [0.5, 0.6) is 0 Å². The van der Waals surface area contributed by atoms with Gasteiger partial charge in [-0.15, -0.1) is 0 Å². The van der Waals surface area contributed by atoms with E-state index in [1.807, 2.05) is 49.5 Å². The number of nitrogens with zero attached hydrogens (tertiary/aromatic N) is 5. The average Bonchev–Trinajstić information content (AvgIpc) is 3.97. The second kappa shape index (κ2) is 13.3. The third-order valence-corrected chi connectivity index (χ3v) is 11.5. The first-order chi connectivity index (χ1) is 25.7. The second-order valence-electron chi connectivity index (χ2n) is 14.8. The lowest BCUT2D eigenvalue weighted by Crippen LogP contribution is -2.26. The number of aromatic nitrogens is 3. The standard InChI is InChI=1S/C42H41FN6O4/c1-23-29(30-6-4-8-34(24(30)2)46-40-38-26(11-14-44-40)17-25(19-45-38)20-48-15-13-28(50)22-48)5-3-7-31(23)41-47-35-18-33-32(37(43)39(35)53-41)9-10-36(33)49-16-12-27(21-49)42(51)52/h3-8,11,14,17-19,27-28,36,50H,9-10,12-13,15-16,20-22H2,1-2H3,(H,44,46)(H,51,52)/t27-,28-,36-/m1/s1. The van der Waals surface area contributed by atoms with Crippen LogP contribution in [0.4, 0.5) is 15.9 Å². The van der Waals surface area contributed by atoms with E-state index in [1.54, 1.807) is 6.20 Å². The number of fused-ring (bicyclic) bond motifs is 3. The molecular weight excluding hydrogens is 671 g/mol. The molecule has 6 aromatic rings. The summed E-state index contributed by atoms with van der Waals surface area (Å²) < 4.78 is 22.2. The Hall–Kier alpha value is -5.23. The first kappa shape index (κ1) is 33.6. The van der Waals surface area contributed by atoms with Gasteiger partial charge in [-0.05, 0) is 115 Å². The van der Waals surface area contributed by atoms with Crippen molar-refractivity contribution in [2.75, 3.05) is 31.5 Å². The molecule has 53 heavy (non-hydrogen) atoms. The fraction of sp³-hybridized carbons (Fsp3) is 0.333. The number of aliphatic carboxylic acids is 1. The van der Waals surface area contributed by atoms with E-state index < -0.39 is 5.97 Å². The Morgan fingerprint density at radius 2 is 1.79 bits per heavy atom. The molecule has 2 aliphatic heterocycles. The Bertz CT molecular complexity index is 2410. The van der Waals surface area contributed by atoms with E-state index in [9.17, 15) is 15.0 Å². The number of carboxylic acids is 1. The number of rotatable bonds is 8. The average molecular weight is 713 g/mol. The number of nitrogens with one attached hydrogen (secondary N) is 1. The van der Waals surface area contributed by atoms with Crippen molar-refractivity contribution in [2.24, 2.45) is 5.92 Å². The molecule has 0 spiro atoms. The van der Waals surface area contributed by atoms with Crippen molar-refractivity contribution in [3.8, 4) is 22.6 Å². The number of hydrogen-bond acceptors (Lipinski definition) is 9. The van der Waals surface area contributed by atoms with E-state index >= 15 is 4.39 Å². The predicted molar refractivity (Wildman–Crippen MR) is 201 cm³/mol. The van der Waals surface area contributed by atoms with Crippen molar-refractivity contribution in [2.45, 2.75) is 58.2 Å². The molecule has 0 bridgehead atoms. The summed E-state index contributed by atoms with van der Waals surface area (Å²) >= 11 is 0. The number of hydrogen-bond donors (Lipinski definition) is 3. The topological polar surface area (TPSA) is 128 Å². The van der Waals surface area contributed by atoms with E-state index in [-0.39, 0.29) is 29.5 Å². The maximum absolute atomic E-state index is 16.0. The molecule has 2 fully saturated rings. The molecule has 1 aliphatic carbocycles. The van der Waals surface area contributed by atoms with Crippen LogP contribution in [-0.4, -0.2) is 73.2 Å². The quantitative estimate of drug-likeness (QED) is 0.145. The van der Waals surface area contributed by atoms with Crippen molar-refractivity contribution in [1.82, 2.24) is 24.8 Å². The molecule has 2 saturated heterocycles. The van der Waals surface area contributed by atoms with Crippen molar-refractivity contribution in [1.29, 1.82) is 0 Å². The van der Waals surface area contributed by atoms with Crippen LogP contribution in [0.3, 0.4) is 0 Å². The molecule has 270 valence electrons. The smallest absolute Gasteiger partial charge is 0.307 e. The number of anilines is 2. The lowest BCUT2D eigenvalue weighted by molar-refractivity contribution is -0.141. The highest BCUT2D eigenvalue weighted by atomic mass is 19.1. The Morgan fingerprint density at radius 1 is 0.981 bits per heavy atom. The number of aliphatic hydroxyl groups is 1. The minimum atomic E-state index is -0.770. The first-order valence-electron chi connectivity index (χ1n) is 18.4. The van der Waals surface area contributed by atoms with Crippen LogP contribution in [0.1, 0.15) is 53.1 Å². The van der Waals surface area contributed by atoms with Crippen LogP contribution in [0.25, 0.3) is 44.6 Å². The SMILES string of the molecule is Cc1c(Nc2nccc3cc(CN4CC[C@@H](O)C4)cnc23)cccc1-c1cccc(-c2nc3cc4c(c(F)c3o2)CC[C@H]4N2CC[C@@H](C(=O)O)C2)c1C. The third-order valence-electron chi connectivity index (χ3n) is 11.5. The number of aliphatic hydroxyl groups excluding tert-OH is 1. The van der Waals surface area contributed by atoms with Crippen LogP contribution in [-0.2, 0) is 17.8 Å². The Labute approximate surface area is 306 Å². The molecule has 9 rings (SSSR count). The van der Waals surface area contributed by atoms with Gasteiger partial charge in [0.15, 0.2) is 17.2 Å². The van der Waals surface area contributed by atoms with Crippen molar-refractivity contribution >= 4 is 39.5 Å². The van der Waals surface area contributed by atoms with E-state index in [1.165, 1.54) is 0 Å². The van der Waals surface area contributed by atoms with Crippen LogP contribution < -0.4 is 5.32 Å². The molecule has 0 radical (unpaired) electrons. The second-order valence-corrected chi connectivity index (χ2v) is 14.8. The van der Waals surface area contributed by atoms with Gasteiger partial charge in [0.05, 0.1) is 12.0 Å². The summed E-state index contributed by atoms with van der Waals surface area (Å²) in [6.07, 6.45) is 6.19. The van der Waals surface area contributed by atoms with E-state index in [4.69, 9.17) is 14.4 Å². The fourth-order valence-corrected chi connectivity index (χ4v) is 8.69. The van der Waals surface area contributed by atoms with Gasteiger partial charge in [-0.25, -0.2) is 14.4 Å². The number of benzene rings is 3. The number of carboxylic acid groups (broad SMARTS) is 1. The Morgan fingerprint density at radius 3 is 2.58 bits per heavy atom. The monoisotopic (exact) mass is 712 g/mol. The van der Waals surface area contributed by atoms with Crippen molar-refractivity contribution in [3.63, 3.8) is 0 Å². The number of oxazole rings is 1. The molecule has 3 aliphatic rings. The zero-order valence-electron chi connectivity index (χ0n) is 29.8. The summed E-state index contributed by atoms with van der Waals surface area (Å²) in [6, 6.07) is 18.2. The molecule has 3 aromatic carbocycles. The molecule has 0 amide bonds. The van der Waals surface area contributed by atoms with Crippen LogP contribution in [0.2, 0.25) is 0 Å². The zero-order chi connectivity index (χ0) is 36.4. The molecule has 0 saturated carbocycles. The summed E-state index contributed by atoms with van der Waals surface area (Å²) in [5, 5.41) is 24.0. The van der Waals surface area contributed by atoms with Gasteiger partial charge in [-0.1, -0.05) is 24.3 Å². The molecule has 3 aromatic heterocycles. The molecule has 3 atom stereocenters. The van der Waals surface area contributed by atoms with Crippen LogP contribution >= 0.6 is 0 Å². The van der Waals surface area contributed by atoms with Gasteiger partial charge >= 0.3 is 5.97 Å².